The maximum absolute atomic E-state index is 11.3. The van der Waals surface area contributed by atoms with Crippen LogP contribution in [0.5, 0.6) is 0 Å². The van der Waals surface area contributed by atoms with Gasteiger partial charge < -0.3 is 20.4 Å². The summed E-state index contributed by atoms with van der Waals surface area (Å²) in [6.07, 6.45) is 5.62. The van der Waals surface area contributed by atoms with Crippen molar-refractivity contribution < 1.29 is 24.6 Å². The van der Waals surface area contributed by atoms with Crippen molar-refractivity contribution in [3.8, 4) is 0 Å². The zero-order valence-corrected chi connectivity index (χ0v) is 14.6. The van der Waals surface area contributed by atoms with Gasteiger partial charge in [-0.15, -0.1) is 0 Å². The minimum absolute atomic E-state index is 0.0695. The Morgan fingerprint density at radius 3 is 2.37 bits per heavy atom. The molecule has 2 aromatic rings. The van der Waals surface area contributed by atoms with Crippen LogP contribution < -0.4 is 10.2 Å². The Morgan fingerprint density at radius 2 is 1.74 bits per heavy atom. The van der Waals surface area contributed by atoms with Gasteiger partial charge in [-0.1, -0.05) is 18.2 Å². The lowest BCUT2D eigenvalue weighted by molar-refractivity contribution is -0.134. The number of carbonyl (C=O) groups is 3. The maximum Gasteiger partial charge on any atom is 0.328 e. The van der Waals surface area contributed by atoms with E-state index in [1.807, 2.05) is 12.1 Å². The van der Waals surface area contributed by atoms with Gasteiger partial charge in [-0.05, 0) is 24.1 Å². The summed E-state index contributed by atoms with van der Waals surface area (Å²) >= 11 is 0. The van der Waals surface area contributed by atoms with Crippen LogP contribution in [0, 0.1) is 0 Å². The number of amides is 1. The highest BCUT2D eigenvalue weighted by Gasteiger charge is 2.22. The number of rotatable bonds is 4. The van der Waals surface area contributed by atoms with Crippen molar-refractivity contribution in [2.24, 2.45) is 0 Å². The van der Waals surface area contributed by atoms with Crippen LogP contribution in [0.25, 0.3) is 0 Å². The molecule has 1 aromatic heterocycles. The van der Waals surface area contributed by atoms with E-state index < -0.39 is 11.9 Å². The Hall–Kier alpha value is -3.68. The molecular formula is C19H19N3O5. The summed E-state index contributed by atoms with van der Waals surface area (Å²) in [6.45, 7) is 2.43. The molecule has 8 heteroatoms. The highest BCUT2D eigenvalue weighted by atomic mass is 16.4. The summed E-state index contributed by atoms with van der Waals surface area (Å²) < 4.78 is 0. The number of aliphatic carboxylic acids is 2. The van der Waals surface area contributed by atoms with Crippen LogP contribution >= 0.6 is 0 Å². The predicted octanol–water partition coefficient (Wildman–Crippen LogP) is 2.45. The molecule has 3 rings (SSSR count). The number of nitrogens with zero attached hydrogens (tertiary/aromatic N) is 2. The monoisotopic (exact) mass is 369 g/mol. The molecule has 0 bridgehead atoms. The smallest absolute Gasteiger partial charge is 0.328 e. The first-order valence-corrected chi connectivity index (χ1v) is 8.09. The molecule has 1 aromatic carbocycles. The Labute approximate surface area is 155 Å². The molecule has 140 valence electrons. The standard InChI is InChI=1S/C15H15N3O.C4H4O4/c1-11(19)17-13-6-8-16-10-15(13)18-9-7-12-4-2-3-5-14(12)18;5-3(6)1-2-4(7)8/h2-6,8,10H,7,9H2,1H3,(H,16,17,19);1-2H,(H,5,6)(H,7,8). The fraction of sp³-hybridized carbons (Fsp3) is 0.158. The number of benzene rings is 1. The molecule has 0 atom stereocenters. The molecular weight excluding hydrogens is 350 g/mol. The Kier molecular flexibility index (Phi) is 6.65. The lowest BCUT2D eigenvalue weighted by Crippen LogP contribution is -2.17. The van der Waals surface area contributed by atoms with Crippen molar-refractivity contribution in [2.45, 2.75) is 13.3 Å². The van der Waals surface area contributed by atoms with Crippen molar-refractivity contribution in [2.75, 3.05) is 16.8 Å². The van der Waals surface area contributed by atoms with E-state index in [2.05, 4.69) is 33.4 Å². The molecule has 0 radical (unpaired) electrons. The van der Waals surface area contributed by atoms with E-state index in [1.54, 1.807) is 12.4 Å². The van der Waals surface area contributed by atoms with Gasteiger partial charge in [-0.2, -0.15) is 0 Å². The van der Waals surface area contributed by atoms with Crippen molar-refractivity contribution in [3.05, 3.63) is 60.4 Å². The number of aromatic nitrogens is 1. The predicted molar refractivity (Wildman–Crippen MR) is 100 cm³/mol. The van der Waals surface area contributed by atoms with Crippen molar-refractivity contribution in [3.63, 3.8) is 0 Å². The Bertz CT molecular complexity index is 863. The molecule has 0 spiro atoms. The van der Waals surface area contributed by atoms with Crippen LogP contribution in [0.15, 0.2) is 54.9 Å². The fourth-order valence-corrected chi connectivity index (χ4v) is 2.63. The number of pyridine rings is 1. The number of carbonyl (C=O) groups excluding carboxylic acids is 1. The number of carboxylic acid groups (broad SMARTS) is 2. The van der Waals surface area contributed by atoms with Crippen LogP contribution in [-0.4, -0.2) is 39.6 Å². The molecule has 1 aliphatic heterocycles. The summed E-state index contributed by atoms with van der Waals surface area (Å²) in [5.74, 6) is -2.58. The van der Waals surface area contributed by atoms with E-state index in [-0.39, 0.29) is 5.91 Å². The first-order chi connectivity index (χ1) is 12.9. The number of fused-ring (bicyclic) bond motifs is 1. The van der Waals surface area contributed by atoms with Crippen LogP contribution in [0.3, 0.4) is 0 Å². The van der Waals surface area contributed by atoms with E-state index in [1.165, 1.54) is 18.2 Å². The molecule has 8 nitrogen and oxygen atoms in total. The average molecular weight is 369 g/mol. The lowest BCUT2D eigenvalue weighted by atomic mass is 10.2. The molecule has 1 amide bonds. The summed E-state index contributed by atoms with van der Waals surface area (Å²) in [5, 5.41) is 18.5. The second kappa shape index (κ2) is 9.14. The molecule has 0 aliphatic carbocycles. The van der Waals surface area contributed by atoms with E-state index in [9.17, 15) is 14.4 Å². The van der Waals surface area contributed by atoms with Gasteiger partial charge in [0.25, 0.3) is 0 Å². The molecule has 0 fully saturated rings. The molecule has 0 saturated heterocycles. The average Bonchev–Trinajstić information content (AvgIpc) is 3.04. The molecule has 27 heavy (non-hydrogen) atoms. The van der Waals surface area contributed by atoms with Crippen molar-refractivity contribution in [1.82, 2.24) is 4.98 Å². The lowest BCUT2D eigenvalue weighted by Gasteiger charge is -2.22. The zero-order chi connectivity index (χ0) is 19.8. The minimum atomic E-state index is -1.26. The number of carboxylic acids is 2. The van der Waals surface area contributed by atoms with Crippen LogP contribution in [0.4, 0.5) is 17.1 Å². The molecule has 0 unspecified atom stereocenters. The molecule has 0 saturated carbocycles. The topological polar surface area (TPSA) is 120 Å². The van der Waals surface area contributed by atoms with Gasteiger partial charge in [0.15, 0.2) is 0 Å². The van der Waals surface area contributed by atoms with Crippen molar-refractivity contribution >= 4 is 34.9 Å². The van der Waals surface area contributed by atoms with Gasteiger partial charge in [0.1, 0.15) is 0 Å². The second-order valence-electron chi connectivity index (χ2n) is 5.61. The quantitative estimate of drug-likeness (QED) is 0.708. The summed E-state index contributed by atoms with van der Waals surface area (Å²) in [6, 6.07) is 10.2. The third-order valence-electron chi connectivity index (χ3n) is 3.66. The number of hydrogen-bond acceptors (Lipinski definition) is 5. The van der Waals surface area contributed by atoms with E-state index in [0.717, 1.165) is 24.3 Å². The molecule has 1 aliphatic rings. The minimum Gasteiger partial charge on any atom is -0.478 e. The highest BCUT2D eigenvalue weighted by Crippen LogP contribution is 2.37. The first-order valence-electron chi connectivity index (χ1n) is 8.09. The number of para-hydroxylation sites is 1. The van der Waals surface area contributed by atoms with Gasteiger partial charge in [-0.3, -0.25) is 9.78 Å². The third-order valence-corrected chi connectivity index (χ3v) is 3.66. The van der Waals surface area contributed by atoms with Gasteiger partial charge in [0, 0.05) is 37.5 Å². The summed E-state index contributed by atoms with van der Waals surface area (Å²) in [7, 11) is 0. The number of nitrogens with one attached hydrogen (secondary N) is 1. The van der Waals surface area contributed by atoms with Gasteiger partial charge in [-0.25, -0.2) is 9.59 Å². The van der Waals surface area contributed by atoms with Crippen molar-refractivity contribution in [1.29, 1.82) is 0 Å². The number of anilines is 3. The van der Waals surface area contributed by atoms with Crippen LogP contribution in [0.1, 0.15) is 12.5 Å². The van der Waals surface area contributed by atoms with E-state index >= 15 is 0 Å². The summed E-state index contributed by atoms with van der Waals surface area (Å²) in [5.41, 5.74) is 4.28. The largest absolute Gasteiger partial charge is 0.478 e. The SMILES string of the molecule is CC(=O)Nc1ccncc1N1CCc2ccccc21.O=C(O)C=CC(=O)O. The summed E-state index contributed by atoms with van der Waals surface area (Å²) in [4.78, 5) is 36.8. The van der Waals surface area contributed by atoms with Gasteiger partial charge in [0.2, 0.25) is 5.91 Å². The normalized spacial score (nSPS) is 12.1. The zero-order valence-electron chi connectivity index (χ0n) is 14.6. The second-order valence-corrected chi connectivity index (χ2v) is 5.61. The van der Waals surface area contributed by atoms with Gasteiger partial charge in [0.05, 0.1) is 17.6 Å². The Morgan fingerprint density at radius 1 is 1.07 bits per heavy atom. The van der Waals surface area contributed by atoms with E-state index in [4.69, 9.17) is 10.2 Å². The fourth-order valence-electron chi connectivity index (χ4n) is 2.63. The molecule has 3 N–H and O–H groups in total. The van der Waals surface area contributed by atoms with Gasteiger partial charge >= 0.3 is 11.9 Å². The Balaban J connectivity index is 0.000000279. The van der Waals surface area contributed by atoms with Crippen LogP contribution in [0.2, 0.25) is 0 Å². The third kappa shape index (κ3) is 5.67. The number of hydrogen-bond donors (Lipinski definition) is 3. The highest BCUT2D eigenvalue weighted by molar-refractivity contribution is 5.94. The maximum atomic E-state index is 11.3. The molecule has 2 heterocycles. The van der Waals surface area contributed by atoms with E-state index in [0.29, 0.717) is 12.2 Å². The first kappa shape index (κ1) is 19.6. The van der Waals surface area contributed by atoms with Crippen LogP contribution in [-0.2, 0) is 20.8 Å².